The van der Waals surface area contributed by atoms with Crippen molar-refractivity contribution in [2.75, 3.05) is 18.9 Å². The fourth-order valence-corrected chi connectivity index (χ4v) is 2.83. The Labute approximate surface area is 148 Å². The lowest BCUT2D eigenvalue weighted by atomic mass is 10.2. The lowest BCUT2D eigenvalue weighted by molar-refractivity contribution is -0.117. The van der Waals surface area contributed by atoms with Gasteiger partial charge in [0.15, 0.2) is 0 Å². The van der Waals surface area contributed by atoms with E-state index >= 15 is 0 Å². The largest absolute Gasteiger partial charge is 0.325 e. The van der Waals surface area contributed by atoms with Crippen LogP contribution in [0.15, 0.2) is 36.4 Å². The van der Waals surface area contributed by atoms with Crippen molar-refractivity contribution in [1.82, 2.24) is 4.90 Å². The van der Waals surface area contributed by atoms with E-state index in [1.165, 1.54) is 12.1 Å². The van der Waals surface area contributed by atoms with E-state index in [1.807, 2.05) is 0 Å². The summed E-state index contributed by atoms with van der Waals surface area (Å²) in [6.07, 6.45) is 0. The number of carbonyl (C=O) groups is 1. The van der Waals surface area contributed by atoms with E-state index in [4.69, 9.17) is 34.8 Å². The lowest BCUT2D eigenvalue weighted by Gasteiger charge is -2.17. The third-order valence-corrected chi connectivity index (χ3v) is 3.84. The molecule has 3 nitrogen and oxygen atoms in total. The molecule has 23 heavy (non-hydrogen) atoms. The molecule has 0 aliphatic carbocycles. The standard InChI is InChI=1S/C16H14Cl3FN2O/c1-22(8-13-14(19)3-2-4-15(13)20)9-16(23)21-12-6-10(17)5-11(18)7-12/h2-7H,8-9H2,1H3,(H,21,23). The van der Waals surface area contributed by atoms with Crippen LogP contribution in [0.5, 0.6) is 0 Å². The maximum Gasteiger partial charge on any atom is 0.238 e. The molecule has 2 aromatic carbocycles. The SMILES string of the molecule is CN(CC(=O)Nc1cc(Cl)cc(Cl)c1)Cc1c(F)cccc1Cl. The van der Waals surface area contributed by atoms with Gasteiger partial charge in [-0.3, -0.25) is 9.69 Å². The zero-order valence-electron chi connectivity index (χ0n) is 12.2. The maximum atomic E-state index is 13.7. The summed E-state index contributed by atoms with van der Waals surface area (Å²) in [6, 6.07) is 9.25. The summed E-state index contributed by atoms with van der Waals surface area (Å²) in [5.41, 5.74) is 0.861. The number of hydrogen-bond donors (Lipinski definition) is 1. The normalized spacial score (nSPS) is 10.9. The molecule has 1 N–H and O–H groups in total. The van der Waals surface area contributed by atoms with E-state index < -0.39 is 5.82 Å². The average molecular weight is 376 g/mol. The molecule has 2 aromatic rings. The number of amides is 1. The number of nitrogens with one attached hydrogen (secondary N) is 1. The predicted molar refractivity (Wildman–Crippen MR) is 92.8 cm³/mol. The van der Waals surface area contributed by atoms with E-state index in [-0.39, 0.29) is 19.0 Å². The molecule has 1 amide bonds. The first kappa shape index (κ1) is 18.0. The molecule has 7 heteroatoms. The van der Waals surface area contributed by atoms with Crippen molar-refractivity contribution < 1.29 is 9.18 Å². The van der Waals surface area contributed by atoms with Crippen LogP contribution in [-0.4, -0.2) is 24.4 Å². The van der Waals surface area contributed by atoms with E-state index in [0.717, 1.165) is 0 Å². The molecule has 0 spiro atoms. The summed E-state index contributed by atoms with van der Waals surface area (Å²) in [4.78, 5) is 13.7. The van der Waals surface area contributed by atoms with Crippen LogP contribution < -0.4 is 5.32 Å². The first-order valence-corrected chi connectivity index (χ1v) is 7.86. The second kappa shape index (κ2) is 7.97. The van der Waals surface area contributed by atoms with Gasteiger partial charge < -0.3 is 5.32 Å². The molecule has 2 rings (SSSR count). The van der Waals surface area contributed by atoms with Gasteiger partial charge in [0.2, 0.25) is 5.91 Å². The van der Waals surface area contributed by atoms with Crippen LogP contribution >= 0.6 is 34.8 Å². The second-order valence-electron chi connectivity index (χ2n) is 5.08. The van der Waals surface area contributed by atoms with Gasteiger partial charge in [-0.05, 0) is 37.4 Å². The Morgan fingerprint density at radius 1 is 1.17 bits per heavy atom. The Kier molecular flexibility index (Phi) is 6.25. The van der Waals surface area contributed by atoms with Gasteiger partial charge in [0.05, 0.1) is 6.54 Å². The first-order chi connectivity index (χ1) is 10.8. The van der Waals surface area contributed by atoms with Crippen LogP contribution in [0.3, 0.4) is 0 Å². The van der Waals surface area contributed by atoms with Gasteiger partial charge in [-0.1, -0.05) is 40.9 Å². The van der Waals surface area contributed by atoms with Crippen LogP contribution in [0, 0.1) is 5.82 Å². The number of likely N-dealkylation sites (N-methyl/N-ethyl adjacent to an activating group) is 1. The first-order valence-electron chi connectivity index (χ1n) is 6.72. The highest BCUT2D eigenvalue weighted by molar-refractivity contribution is 6.35. The molecule has 0 fully saturated rings. The van der Waals surface area contributed by atoms with E-state index in [1.54, 1.807) is 36.2 Å². The minimum Gasteiger partial charge on any atom is -0.325 e. The molecule has 0 radical (unpaired) electrons. The molecule has 0 unspecified atom stereocenters. The molecule has 0 atom stereocenters. The third-order valence-electron chi connectivity index (χ3n) is 3.05. The minimum atomic E-state index is -0.397. The van der Waals surface area contributed by atoms with Crippen molar-refractivity contribution in [2.45, 2.75) is 6.54 Å². The van der Waals surface area contributed by atoms with Gasteiger partial charge in [0, 0.05) is 32.9 Å². The van der Waals surface area contributed by atoms with Gasteiger partial charge in [-0.15, -0.1) is 0 Å². The Morgan fingerprint density at radius 3 is 2.43 bits per heavy atom. The fraction of sp³-hybridized carbons (Fsp3) is 0.188. The molecule has 0 heterocycles. The fourth-order valence-electron chi connectivity index (χ4n) is 2.08. The van der Waals surface area contributed by atoms with Crippen LogP contribution in [0.2, 0.25) is 15.1 Å². The average Bonchev–Trinajstić information content (AvgIpc) is 2.41. The van der Waals surface area contributed by atoms with E-state index in [0.29, 0.717) is 26.3 Å². The lowest BCUT2D eigenvalue weighted by Crippen LogP contribution is -2.30. The molecular formula is C16H14Cl3FN2O. The number of rotatable bonds is 5. The van der Waals surface area contributed by atoms with Crippen LogP contribution in [0.25, 0.3) is 0 Å². The van der Waals surface area contributed by atoms with Gasteiger partial charge in [-0.25, -0.2) is 4.39 Å². The number of carbonyl (C=O) groups excluding carboxylic acids is 1. The Hall–Kier alpha value is -1.33. The molecule has 0 saturated carbocycles. The highest BCUT2D eigenvalue weighted by Gasteiger charge is 2.13. The smallest absolute Gasteiger partial charge is 0.238 e. The van der Waals surface area contributed by atoms with E-state index in [2.05, 4.69) is 5.32 Å². The van der Waals surface area contributed by atoms with Crippen molar-refractivity contribution in [3.63, 3.8) is 0 Å². The number of halogens is 4. The number of nitrogens with zero attached hydrogens (tertiary/aromatic N) is 1. The Morgan fingerprint density at radius 2 is 1.83 bits per heavy atom. The third kappa shape index (κ3) is 5.36. The van der Waals surface area contributed by atoms with E-state index in [9.17, 15) is 9.18 Å². The summed E-state index contributed by atoms with van der Waals surface area (Å²) in [6.45, 7) is 0.282. The monoisotopic (exact) mass is 374 g/mol. The topological polar surface area (TPSA) is 32.3 Å². The van der Waals surface area contributed by atoms with Crippen molar-refractivity contribution in [3.8, 4) is 0 Å². The maximum absolute atomic E-state index is 13.7. The number of benzene rings is 2. The van der Waals surface area contributed by atoms with Gasteiger partial charge in [0.25, 0.3) is 0 Å². The summed E-state index contributed by atoms with van der Waals surface area (Å²) >= 11 is 17.7. The minimum absolute atomic E-state index is 0.0643. The molecule has 0 aliphatic rings. The Bertz CT molecular complexity index is 684. The molecule has 0 aliphatic heterocycles. The van der Waals surface area contributed by atoms with Gasteiger partial charge >= 0.3 is 0 Å². The summed E-state index contributed by atoms with van der Waals surface area (Å²) in [5, 5.41) is 3.89. The second-order valence-corrected chi connectivity index (χ2v) is 6.36. The summed E-state index contributed by atoms with van der Waals surface area (Å²) in [7, 11) is 1.70. The zero-order valence-corrected chi connectivity index (χ0v) is 14.5. The van der Waals surface area contributed by atoms with Crippen LogP contribution in [0.1, 0.15) is 5.56 Å². The quantitative estimate of drug-likeness (QED) is 0.809. The van der Waals surface area contributed by atoms with Crippen molar-refractivity contribution in [3.05, 3.63) is 62.8 Å². The molecule has 122 valence electrons. The van der Waals surface area contributed by atoms with Crippen LogP contribution in [-0.2, 0) is 11.3 Å². The molecule has 0 saturated heterocycles. The van der Waals surface area contributed by atoms with Crippen molar-refractivity contribution in [1.29, 1.82) is 0 Å². The number of hydrogen-bond acceptors (Lipinski definition) is 2. The van der Waals surface area contributed by atoms with Crippen molar-refractivity contribution in [2.24, 2.45) is 0 Å². The Balaban J connectivity index is 1.97. The molecule has 0 aromatic heterocycles. The summed E-state index contributed by atoms with van der Waals surface area (Å²) in [5.74, 6) is -0.662. The number of anilines is 1. The van der Waals surface area contributed by atoms with Crippen LogP contribution in [0.4, 0.5) is 10.1 Å². The van der Waals surface area contributed by atoms with Gasteiger partial charge in [-0.2, -0.15) is 0 Å². The zero-order chi connectivity index (χ0) is 17.0. The highest BCUT2D eigenvalue weighted by atomic mass is 35.5. The van der Waals surface area contributed by atoms with Gasteiger partial charge in [0.1, 0.15) is 5.82 Å². The summed E-state index contributed by atoms with van der Waals surface area (Å²) < 4.78 is 13.7. The molecule has 0 bridgehead atoms. The highest BCUT2D eigenvalue weighted by Crippen LogP contribution is 2.23. The molecular weight excluding hydrogens is 362 g/mol. The van der Waals surface area contributed by atoms with Crippen molar-refractivity contribution >= 4 is 46.4 Å². The predicted octanol–water partition coefficient (Wildman–Crippen LogP) is 4.86.